The van der Waals surface area contributed by atoms with Crippen molar-refractivity contribution in [3.63, 3.8) is 0 Å². The summed E-state index contributed by atoms with van der Waals surface area (Å²) in [5.41, 5.74) is 0.390. The van der Waals surface area contributed by atoms with Crippen LogP contribution in [-0.4, -0.2) is 25.7 Å². The molecule has 1 heterocycles. The van der Waals surface area contributed by atoms with Gasteiger partial charge in [-0.3, -0.25) is 4.79 Å². The monoisotopic (exact) mass is 425 g/mol. The predicted octanol–water partition coefficient (Wildman–Crippen LogP) is 4.49. The van der Waals surface area contributed by atoms with E-state index in [1.807, 2.05) is 24.3 Å². The summed E-state index contributed by atoms with van der Waals surface area (Å²) in [4.78, 5) is 12.9. The number of halogens is 3. The van der Waals surface area contributed by atoms with Gasteiger partial charge < -0.3 is 14.8 Å². The van der Waals surface area contributed by atoms with E-state index in [9.17, 15) is 13.6 Å². The van der Waals surface area contributed by atoms with Gasteiger partial charge in [0.1, 0.15) is 5.75 Å². The number of alkyl halides is 2. The molecule has 0 aliphatic carbocycles. The van der Waals surface area contributed by atoms with Crippen LogP contribution in [0.15, 0.2) is 53.0 Å². The minimum atomic E-state index is -2.99. The lowest BCUT2D eigenvalue weighted by atomic mass is 9.82. The van der Waals surface area contributed by atoms with E-state index in [-0.39, 0.29) is 11.3 Å². The van der Waals surface area contributed by atoms with Crippen molar-refractivity contribution >= 4 is 21.8 Å². The summed E-state index contributed by atoms with van der Waals surface area (Å²) in [5.74, 6) is -0.598. The molecule has 0 radical (unpaired) electrons. The zero-order valence-electron chi connectivity index (χ0n) is 13.9. The van der Waals surface area contributed by atoms with Crippen LogP contribution in [0.1, 0.15) is 28.8 Å². The molecule has 4 nitrogen and oxygen atoms in total. The molecule has 2 aromatic rings. The minimum absolute atomic E-state index is 0.0775. The molecule has 1 amide bonds. The van der Waals surface area contributed by atoms with E-state index in [0.29, 0.717) is 26.1 Å². The second kappa shape index (κ2) is 8.14. The van der Waals surface area contributed by atoms with Crippen molar-refractivity contribution < 1.29 is 23.0 Å². The number of para-hydroxylation sites is 1. The Balaban J connectivity index is 1.92. The SMILES string of the molecule is O=C(NC1(c2cccc(Br)c2)CCOCC1)c1ccccc1OC(F)F. The van der Waals surface area contributed by atoms with Crippen LogP contribution in [0.25, 0.3) is 0 Å². The highest BCUT2D eigenvalue weighted by atomic mass is 79.9. The van der Waals surface area contributed by atoms with Gasteiger partial charge in [0.05, 0.1) is 11.1 Å². The molecule has 1 fully saturated rings. The van der Waals surface area contributed by atoms with Gasteiger partial charge >= 0.3 is 6.61 Å². The van der Waals surface area contributed by atoms with E-state index < -0.39 is 18.1 Å². The quantitative estimate of drug-likeness (QED) is 0.767. The van der Waals surface area contributed by atoms with Gasteiger partial charge in [-0.25, -0.2) is 0 Å². The molecule has 1 saturated heterocycles. The zero-order valence-corrected chi connectivity index (χ0v) is 15.5. The van der Waals surface area contributed by atoms with E-state index in [1.165, 1.54) is 12.1 Å². The van der Waals surface area contributed by atoms with Crippen molar-refractivity contribution in [2.75, 3.05) is 13.2 Å². The Labute approximate surface area is 158 Å². The largest absolute Gasteiger partial charge is 0.434 e. The maximum Gasteiger partial charge on any atom is 0.387 e. The summed E-state index contributed by atoms with van der Waals surface area (Å²) in [6, 6.07) is 13.7. The molecule has 7 heteroatoms. The van der Waals surface area contributed by atoms with Crippen molar-refractivity contribution in [1.29, 1.82) is 0 Å². The molecule has 0 aromatic heterocycles. The highest BCUT2D eigenvalue weighted by Gasteiger charge is 2.36. The van der Waals surface area contributed by atoms with Crippen LogP contribution in [0.4, 0.5) is 8.78 Å². The smallest absolute Gasteiger partial charge is 0.387 e. The second-order valence-electron chi connectivity index (χ2n) is 6.03. The van der Waals surface area contributed by atoms with Gasteiger partial charge in [-0.15, -0.1) is 0 Å². The Morgan fingerprint density at radius 1 is 1.15 bits per heavy atom. The average Bonchev–Trinajstić information content (AvgIpc) is 2.62. The minimum Gasteiger partial charge on any atom is -0.434 e. The first kappa shape index (κ1) is 18.8. The third kappa shape index (κ3) is 4.22. The number of nitrogens with one attached hydrogen (secondary N) is 1. The molecule has 0 saturated carbocycles. The molecule has 0 atom stereocenters. The molecule has 2 aromatic carbocycles. The van der Waals surface area contributed by atoms with Crippen molar-refractivity contribution in [2.24, 2.45) is 0 Å². The third-order valence-corrected chi connectivity index (χ3v) is 4.92. The lowest BCUT2D eigenvalue weighted by molar-refractivity contribution is -0.0502. The molecule has 138 valence electrons. The van der Waals surface area contributed by atoms with Crippen LogP contribution in [0.3, 0.4) is 0 Å². The second-order valence-corrected chi connectivity index (χ2v) is 6.95. The van der Waals surface area contributed by atoms with Gasteiger partial charge in [0.15, 0.2) is 0 Å². The number of rotatable bonds is 5. The van der Waals surface area contributed by atoms with Gasteiger partial charge in [-0.05, 0) is 42.7 Å². The van der Waals surface area contributed by atoms with E-state index in [1.54, 1.807) is 12.1 Å². The van der Waals surface area contributed by atoms with Crippen LogP contribution < -0.4 is 10.1 Å². The molecule has 3 rings (SSSR count). The highest BCUT2D eigenvalue weighted by Crippen LogP contribution is 2.34. The van der Waals surface area contributed by atoms with Crippen LogP contribution >= 0.6 is 15.9 Å². The lowest BCUT2D eigenvalue weighted by Crippen LogP contribution is -2.49. The summed E-state index contributed by atoms with van der Waals surface area (Å²) in [7, 11) is 0. The summed E-state index contributed by atoms with van der Waals surface area (Å²) in [6.45, 7) is -1.99. The maximum atomic E-state index is 12.9. The molecule has 1 aliphatic heterocycles. The molecule has 1 aliphatic rings. The average molecular weight is 426 g/mol. The molecular weight excluding hydrogens is 408 g/mol. The van der Waals surface area contributed by atoms with Crippen LogP contribution in [0, 0.1) is 0 Å². The van der Waals surface area contributed by atoms with Crippen LogP contribution in [-0.2, 0) is 10.3 Å². The van der Waals surface area contributed by atoms with Gasteiger partial charge in [-0.2, -0.15) is 8.78 Å². The van der Waals surface area contributed by atoms with Gasteiger partial charge in [-0.1, -0.05) is 40.2 Å². The van der Waals surface area contributed by atoms with Crippen LogP contribution in [0.2, 0.25) is 0 Å². The van der Waals surface area contributed by atoms with Gasteiger partial charge in [0.25, 0.3) is 5.91 Å². The maximum absolute atomic E-state index is 12.9. The standard InChI is InChI=1S/C19H18BrF2NO3/c20-14-5-3-4-13(12-14)19(8-10-25-11-9-19)23-17(24)15-6-1-2-7-16(15)26-18(21)22/h1-7,12,18H,8-11H2,(H,23,24). The lowest BCUT2D eigenvalue weighted by Gasteiger charge is -2.38. The van der Waals surface area contributed by atoms with Gasteiger partial charge in [0.2, 0.25) is 0 Å². The zero-order chi connectivity index (χ0) is 18.6. The summed E-state index contributed by atoms with van der Waals surface area (Å²) >= 11 is 3.46. The third-order valence-electron chi connectivity index (χ3n) is 4.42. The van der Waals surface area contributed by atoms with Crippen molar-refractivity contribution in [3.05, 3.63) is 64.1 Å². The number of hydrogen-bond donors (Lipinski definition) is 1. The number of carbonyl (C=O) groups excluding carboxylic acids is 1. The number of carbonyl (C=O) groups is 1. The molecule has 0 unspecified atom stereocenters. The number of ether oxygens (including phenoxy) is 2. The molecule has 0 spiro atoms. The molecule has 0 bridgehead atoms. The molecule has 26 heavy (non-hydrogen) atoms. The summed E-state index contributed by atoms with van der Waals surface area (Å²) < 4.78 is 36.1. The van der Waals surface area contributed by atoms with Crippen LogP contribution in [0.5, 0.6) is 5.75 Å². The van der Waals surface area contributed by atoms with Crippen molar-refractivity contribution in [3.8, 4) is 5.75 Å². The first-order chi connectivity index (χ1) is 12.5. The summed E-state index contributed by atoms with van der Waals surface area (Å²) in [5, 5.41) is 3.04. The van der Waals surface area contributed by atoms with Crippen molar-refractivity contribution in [1.82, 2.24) is 5.32 Å². The Kier molecular flexibility index (Phi) is 5.88. The van der Waals surface area contributed by atoms with Gasteiger partial charge in [0, 0.05) is 17.7 Å². The van der Waals surface area contributed by atoms with E-state index in [2.05, 4.69) is 26.0 Å². The number of benzene rings is 2. The topological polar surface area (TPSA) is 47.6 Å². The normalized spacial score (nSPS) is 16.3. The first-order valence-corrected chi connectivity index (χ1v) is 9.00. The predicted molar refractivity (Wildman–Crippen MR) is 96.4 cm³/mol. The Morgan fingerprint density at radius 2 is 1.88 bits per heavy atom. The van der Waals surface area contributed by atoms with E-state index >= 15 is 0 Å². The number of hydrogen-bond acceptors (Lipinski definition) is 3. The fourth-order valence-corrected chi connectivity index (χ4v) is 3.53. The Morgan fingerprint density at radius 3 is 2.58 bits per heavy atom. The highest BCUT2D eigenvalue weighted by molar-refractivity contribution is 9.10. The molecule has 1 N–H and O–H groups in total. The fraction of sp³-hybridized carbons (Fsp3) is 0.316. The van der Waals surface area contributed by atoms with E-state index in [4.69, 9.17) is 4.74 Å². The summed E-state index contributed by atoms with van der Waals surface area (Å²) in [6.07, 6.45) is 1.18. The van der Waals surface area contributed by atoms with Crippen molar-refractivity contribution in [2.45, 2.75) is 25.0 Å². The Hall–Kier alpha value is -1.99. The first-order valence-electron chi connectivity index (χ1n) is 8.20. The fourth-order valence-electron chi connectivity index (χ4n) is 3.13. The number of amides is 1. The Bertz CT molecular complexity index is 779. The molecular formula is C19H18BrF2NO3. The van der Waals surface area contributed by atoms with E-state index in [0.717, 1.165) is 10.0 Å².